The third kappa shape index (κ3) is 2.87. The van der Waals surface area contributed by atoms with Crippen LogP contribution in [0.3, 0.4) is 0 Å². The highest BCUT2D eigenvalue weighted by atomic mass is 35.5. The molecule has 0 aromatic carbocycles. The van der Waals surface area contributed by atoms with Crippen LogP contribution in [0.5, 0.6) is 0 Å². The van der Waals surface area contributed by atoms with Gasteiger partial charge < -0.3 is 0 Å². The van der Waals surface area contributed by atoms with E-state index in [4.69, 9.17) is 23.2 Å². The largest absolute Gasteiger partial charge is 0.295 e. The second-order valence-corrected chi connectivity index (χ2v) is 4.44. The molecule has 0 N–H and O–H groups in total. The van der Waals surface area contributed by atoms with Crippen molar-refractivity contribution >= 4 is 23.2 Å². The summed E-state index contributed by atoms with van der Waals surface area (Å²) in [5.41, 5.74) is 2.87. The van der Waals surface area contributed by atoms with Gasteiger partial charge in [0.1, 0.15) is 0 Å². The lowest BCUT2D eigenvalue weighted by molar-refractivity contribution is 0.270. The normalized spacial score (nSPS) is 31.2. The van der Waals surface area contributed by atoms with Gasteiger partial charge in [-0.2, -0.15) is 0 Å². The van der Waals surface area contributed by atoms with Gasteiger partial charge in [0.2, 0.25) is 0 Å². The number of halogens is 2. The number of rotatable bonds is 3. The zero-order chi connectivity index (χ0) is 9.84. The van der Waals surface area contributed by atoms with Crippen LogP contribution in [-0.2, 0) is 0 Å². The molecule has 1 rings (SSSR count). The Bertz CT molecular complexity index is 191. The molecule has 0 spiro atoms. The zero-order valence-corrected chi connectivity index (χ0v) is 9.78. The SMILES string of the molecule is C/C(=C\Cl)CN1CCC(C)C1CCl. The van der Waals surface area contributed by atoms with Crippen molar-refractivity contribution in [2.24, 2.45) is 5.92 Å². The van der Waals surface area contributed by atoms with Crippen molar-refractivity contribution in [3.8, 4) is 0 Å². The molecule has 1 heterocycles. The van der Waals surface area contributed by atoms with Crippen molar-refractivity contribution in [1.29, 1.82) is 0 Å². The summed E-state index contributed by atoms with van der Waals surface area (Å²) in [6.45, 7) is 6.44. The summed E-state index contributed by atoms with van der Waals surface area (Å²) in [6.07, 6.45) is 1.26. The topological polar surface area (TPSA) is 3.24 Å². The number of alkyl halides is 1. The zero-order valence-electron chi connectivity index (χ0n) is 8.26. The molecule has 1 saturated heterocycles. The van der Waals surface area contributed by atoms with Gasteiger partial charge in [-0.1, -0.05) is 18.5 Å². The Morgan fingerprint density at radius 1 is 1.62 bits per heavy atom. The summed E-state index contributed by atoms with van der Waals surface area (Å²) in [6, 6.07) is 0.535. The van der Waals surface area contributed by atoms with E-state index in [2.05, 4.69) is 18.7 Å². The highest BCUT2D eigenvalue weighted by molar-refractivity contribution is 6.25. The predicted octanol–water partition coefficient (Wildman–Crippen LogP) is 3.08. The molecule has 3 heteroatoms. The first kappa shape index (κ1) is 11.4. The maximum atomic E-state index is 5.93. The Balaban J connectivity index is 2.50. The van der Waals surface area contributed by atoms with Gasteiger partial charge in [-0.05, 0) is 31.4 Å². The first-order valence-electron chi connectivity index (χ1n) is 4.75. The fraction of sp³-hybridized carbons (Fsp3) is 0.800. The predicted molar refractivity (Wildman–Crippen MR) is 59.5 cm³/mol. The first-order valence-corrected chi connectivity index (χ1v) is 5.72. The van der Waals surface area contributed by atoms with Crippen LogP contribution in [-0.4, -0.2) is 29.9 Å². The molecule has 0 radical (unpaired) electrons. The molecule has 0 aliphatic carbocycles. The smallest absolute Gasteiger partial charge is 0.0382 e. The van der Waals surface area contributed by atoms with E-state index < -0.39 is 0 Å². The molecule has 1 aliphatic heterocycles. The standard InChI is InChI=1S/C10H17Cl2N/c1-8(5-11)7-13-4-3-9(2)10(13)6-12/h5,9-10H,3-4,6-7H2,1-2H3/b8-5+. The minimum Gasteiger partial charge on any atom is -0.295 e. The molecule has 1 nitrogen and oxygen atoms in total. The van der Waals surface area contributed by atoms with Gasteiger partial charge in [-0.25, -0.2) is 0 Å². The van der Waals surface area contributed by atoms with Crippen LogP contribution >= 0.6 is 23.2 Å². The van der Waals surface area contributed by atoms with Gasteiger partial charge in [0.25, 0.3) is 0 Å². The minimum absolute atomic E-state index is 0.535. The van der Waals surface area contributed by atoms with Crippen molar-refractivity contribution in [1.82, 2.24) is 4.90 Å². The molecular weight excluding hydrogens is 205 g/mol. The van der Waals surface area contributed by atoms with Gasteiger partial charge in [0.05, 0.1) is 0 Å². The molecule has 0 aromatic heterocycles. The Morgan fingerprint density at radius 3 is 2.85 bits per heavy atom. The summed E-state index contributed by atoms with van der Waals surface area (Å²) in [7, 11) is 0. The first-order chi connectivity index (χ1) is 6.19. The average molecular weight is 222 g/mol. The Hall–Kier alpha value is 0.280. The Kier molecular flexibility index (Phi) is 4.57. The maximum absolute atomic E-state index is 5.93. The van der Waals surface area contributed by atoms with Crippen LogP contribution in [0.2, 0.25) is 0 Å². The molecule has 0 amide bonds. The number of hydrogen-bond acceptors (Lipinski definition) is 1. The fourth-order valence-electron chi connectivity index (χ4n) is 1.89. The van der Waals surface area contributed by atoms with E-state index in [1.807, 2.05) is 0 Å². The fourth-order valence-corrected chi connectivity index (χ4v) is 2.46. The van der Waals surface area contributed by atoms with E-state index >= 15 is 0 Å². The number of likely N-dealkylation sites (tertiary alicyclic amines) is 1. The molecule has 2 unspecified atom stereocenters. The van der Waals surface area contributed by atoms with Crippen molar-refractivity contribution in [3.63, 3.8) is 0 Å². The van der Waals surface area contributed by atoms with Crippen LogP contribution in [0, 0.1) is 5.92 Å². The van der Waals surface area contributed by atoms with E-state index in [1.165, 1.54) is 12.0 Å². The minimum atomic E-state index is 0.535. The van der Waals surface area contributed by atoms with Crippen LogP contribution < -0.4 is 0 Å². The average Bonchev–Trinajstić information content (AvgIpc) is 2.46. The van der Waals surface area contributed by atoms with Crippen molar-refractivity contribution < 1.29 is 0 Å². The van der Waals surface area contributed by atoms with Gasteiger partial charge in [0.15, 0.2) is 0 Å². The van der Waals surface area contributed by atoms with Gasteiger partial charge in [-0.3, -0.25) is 4.90 Å². The number of nitrogens with zero attached hydrogens (tertiary/aromatic N) is 1. The van der Waals surface area contributed by atoms with E-state index in [0.717, 1.165) is 24.9 Å². The quantitative estimate of drug-likeness (QED) is 0.663. The highest BCUT2D eigenvalue weighted by Crippen LogP contribution is 2.25. The summed E-state index contributed by atoms with van der Waals surface area (Å²) in [5.74, 6) is 1.46. The van der Waals surface area contributed by atoms with E-state index in [0.29, 0.717) is 6.04 Å². The monoisotopic (exact) mass is 221 g/mol. The van der Waals surface area contributed by atoms with E-state index in [1.54, 1.807) is 5.54 Å². The van der Waals surface area contributed by atoms with Gasteiger partial charge in [0, 0.05) is 24.0 Å². The van der Waals surface area contributed by atoms with Crippen molar-refractivity contribution in [3.05, 3.63) is 11.1 Å². The molecule has 13 heavy (non-hydrogen) atoms. The molecule has 76 valence electrons. The summed E-state index contributed by atoms with van der Waals surface area (Å²) in [5, 5.41) is 0. The second-order valence-electron chi connectivity index (χ2n) is 3.91. The maximum Gasteiger partial charge on any atom is 0.0382 e. The highest BCUT2D eigenvalue weighted by Gasteiger charge is 2.29. The van der Waals surface area contributed by atoms with Crippen LogP contribution in [0.25, 0.3) is 0 Å². The molecule has 1 aliphatic rings. The lowest BCUT2D eigenvalue weighted by Crippen LogP contribution is -2.34. The second kappa shape index (κ2) is 5.23. The molecule has 2 atom stereocenters. The third-order valence-corrected chi connectivity index (χ3v) is 3.48. The molecule has 0 aromatic rings. The lowest BCUT2D eigenvalue weighted by Gasteiger charge is -2.24. The lowest BCUT2D eigenvalue weighted by atomic mass is 10.1. The molecule has 0 saturated carbocycles. The Labute approximate surface area is 90.7 Å². The van der Waals surface area contributed by atoms with Crippen LogP contribution in [0.15, 0.2) is 11.1 Å². The summed E-state index contributed by atoms with van der Waals surface area (Å²) < 4.78 is 0. The molecule has 0 bridgehead atoms. The van der Waals surface area contributed by atoms with Gasteiger partial charge in [-0.15, -0.1) is 11.6 Å². The summed E-state index contributed by atoms with van der Waals surface area (Å²) in [4.78, 5) is 2.42. The van der Waals surface area contributed by atoms with E-state index in [-0.39, 0.29) is 0 Å². The third-order valence-electron chi connectivity index (χ3n) is 2.79. The van der Waals surface area contributed by atoms with E-state index in [9.17, 15) is 0 Å². The Morgan fingerprint density at radius 2 is 2.31 bits per heavy atom. The van der Waals surface area contributed by atoms with Crippen molar-refractivity contribution in [2.75, 3.05) is 19.0 Å². The summed E-state index contributed by atoms with van der Waals surface area (Å²) >= 11 is 11.6. The number of hydrogen-bond donors (Lipinski definition) is 0. The van der Waals surface area contributed by atoms with Crippen LogP contribution in [0.4, 0.5) is 0 Å². The van der Waals surface area contributed by atoms with Gasteiger partial charge >= 0.3 is 0 Å². The molecule has 1 fully saturated rings. The molecular formula is C10H17Cl2N. The van der Waals surface area contributed by atoms with Crippen LogP contribution in [0.1, 0.15) is 20.3 Å². The van der Waals surface area contributed by atoms with Crippen molar-refractivity contribution in [2.45, 2.75) is 26.3 Å².